The highest BCUT2D eigenvalue weighted by molar-refractivity contribution is 7.17. The number of anilines is 1. The van der Waals surface area contributed by atoms with Gasteiger partial charge in [-0.15, -0.1) is 11.3 Å². The van der Waals surface area contributed by atoms with Crippen LogP contribution in [0.25, 0.3) is 0 Å². The molecular weight excluding hydrogens is 376 g/mol. The maximum atomic E-state index is 12.5. The van der Waals surface area contributed by atoms with E-state index in [9.17, 15) is 9.59 Å². The molecule has 0 aliphatic carbocycles. The number of ether oxygens (including phenoxy) is 2. The Bertz CT molecular complexity index is 862. The van der Waals surface area contributed by atoms with E-state index in [-0.39, 0.29) is 18.5 Å². The molecule has 0 saturated heterocycles. The quantitative estimate of drug-likeness (QED) is 0.718. The van der Waals surface area contributed by atoms with Gasteiger partial charge in [-0.25, -0.2) is 4.79 Å². The van der Waals surface area contributed by atoms with Gasteiger partial charge in [0, 0.05) is 18.0 Å². The van der Waals surface area contributed by atoms with Crippen LogP contribution in [0.4, 0.5) is 5.00 Å². The Morgan fingerprint density at radius 2 is 2.11 bits per heavy atom. The summed E-state index contributed by atoms with van der Waals surface area (Å²) < 4.78 is 10.8. The molecule has 0 saturated carbocycles. The van der Waals surface area contributed by atoms with Crippen molar-refractivity contribution in [2.24, 2.45) is 0 Å². The van der Waals surface area contributed by atoms with E-state index in [4.69, 9.17) is 9.47 Å². The number of aryl methyl sites for hydroxylation is 1. The van der Waals surface area contributed by atoms with Crippen LogP contribution in [-0.4, -0.2) is 43.6 Å². The van der Waals surface area contributed by atoms with Gasteiger partial charge in [0.15, 0.2) is 6.61 Å². The molecule has 0 unspecified atom stereocenters. The second-order valence-corrected chi connectivity index (χ2v) is 7.86. The Balaban J connectivity index is 1.73. The first-order valence-corrected chi connectivity index (χ1v) is 10.3. The highest BCUT2D eigenvalue weighted by Crippen LogP contribution is 2.37. The molecule has 1 aliphatic heterocycles. The zero-order chi connectivity index (χ0) is 20.1. The summed E-state index contributed by atoms with van der Waals surface area (Å²) in [6, 6.07) is 7.69. The van der Waals surface area contributed by atoms with E-state index in [0.29, 0.717) is 22.9 Å². The van der Waals surface area contributed by atoms with Gasteiger partial charge in [0.25, 0.3) is 5.91 Å². The van der Waals surface area contributed by atoms with Crippen LogP contribution in [0.2, 0.25) is 0 Å². The average molecular weight is 403 g/mol. The molecule has 1 aliphatic rings. The fraction of sp³-hybridized carbons (Fsp3) is 0.429. The van der Waals surface area contributed by atoms with Crippen molar-refractivity contribution in [3.8, 4) is 5.75 Å². The fourth-order valence-electron chi connectivity index (χ4n) is 3.21. The minimum Gasteiger partial charge on any atom is -0.484 e. The Kier molecular flexibility index (Phi) is 6.70. The van der Waals surface area contributed by atoms with Crippen LogP contribution >= 0.6 is 11.3 Å². The van der Waals surface area contributed by atoms with Crippen molar-refractivity contribution in [2.75, 3.05) is 32.1 Å². The standard InChI is InChI=1S/C21H26N2O4S/c1-4-14-7-6-8-15(11-14)27-13-18(24)22-20-19(21(25)26-5-2)16-9-10-23(3)12-17(16)28-20/h6-8,11H,4-5,9-10,12-13H2,1-3H3,(H,22,24). The predicted octanol–water partition coefficient (Wildman–Crippen LogP) is 3.49. The van der Waals surface area contributed by atoms with E-state index in [0.717, 1.165) is 41.9 Å². The first kappa shape index (κ1) is 20.4. The van der Waals surface area contributed by atoms with Gasteiger partial charge >= 0.3 is 5.97 Å². The minimum atomic E-state index is -0.378. The summed E-state index contributed by atoms with van der Waals surface area (Å²) in [4.78, 5) is 28.3. The Hall–Kier alpha value is -2.38. The number of rotatable bonds is 7. The molecule has 6 nitrogen and oxygen atoms in total. The molecule has 0 fully saturated rings. The smallest absolute Gasteiger partial charge is 0.341 e. The van der Waals surface area contributed by atoms with E-state index in [1.807, 2.05) is 31.3 Å². The highest BCUT2D eigenvalue weighted by Gasteiger charge is 2.28. The molecule has 1 N–H and O–H groups in total. The van der Waals surface area contributed by atoms with E-state index in [1.54, 1.807) is 6.92 Å². The second kappa shape index (κ2) is 9.21. The molecule has 0 atom stereocenters. The van der Waals surface area contributed by atoms with E-state index in [2.05, 4.69) is 17.1 Å². The van der Waals surface area contributed by atoms with Crippen molar-refractivity contribution >= 4 is 28.2 Å². The first-order chi connectivity index (χ1) is 13.5. The topological polar surface area (TPSA) is 67.9 Å². The second-order valence-electron chi connectivity index (χ2n) is 6.75. The number of carbonyl (C=O) groups is 2. The van der Waals surface area contributed by atoms with Crippen LogP contribution in [0.3, 0.4) is 0 Å². The lowest BCUT2D eigenvalue weighted by Gasteiger charge is -2.22. The molecule has 7 heteroatoms. The normalized spacial score (nSPS) is 13.7. The fourth-order valence-corrected chi connectivity index (χ4v) is 4.54. The summed E-state index contributed by atoms with van der Waals surface area (Å²) in [6.45, 7) is 5.67. The summed E-state index contributed by atoms with van der Waals surface area (Å²) in [7, 11) is 2.04. The molecule has 0 spiro atoms. The van der Waals surface area contributed by atoms with Crippen LogP contribution < -0.4 is 10.1 Å². The van der Waals surface area contributed by atoms with Crippen molar-refractivity contribution in [3.05, 3.63) is 45.8 Å². The van der Waals surface area contributed by atoms with Crippen molar-refractivity contribution in [2.45, 2.75) is 33.2 Å². The molecule has 0 bridgehead atoms. The number of benzene rings is 1. The number of carbonyl (C=O) groups excluding carboxylic acids is 2. The van der Waals surface area contributed by atoms with Gasteiger partial charge in [0.1, 0.15) is 10.8 Å². The maximum absolute atomic E-state index is 12.5. The molecule has 1 aromatic heterocycles. The van der Waals surface area contributed by atoms with Gasteiger partial charge in [-0.3, -0.25) is 4.79 Å². The van der Waals surface area contributed by atoms with Crippen molar-refractivity contribution in [1.29, 1.82) is 0 Å². The monoisotopic (exact) mass is 402 g/mol. The summed E-state index contributed by atoms with van der Waals surface area (Å²) in [5.41, 5.74) is 2.64. The number of esters is 1. The highest BCUT2D eigenvalue weighted by atomic mass is 32.1. The zero-order valence-corrected chi connectivity index (χ0v) is 17.4. The third-order valence-electron chi connectivity index (χ3n) is 4.66. The molecule has 0 radical (unpaired) electrons. The number of hydrogen-bond acceptors (Lipinski definition) is 6. The molecular formula is C21H26N2O4S. The molecule has 3 rings (SSSR count). The summed E-state index contributed by atoms with van der Waals surface area (Å²) in [6.07, 6.45) is 1.67. The Morgan fingerprint density at radius 3 is 2.86 bits per heavy atom. The molecule has 150 valence electrons. The van der Waals surface area contributed by atoms with Crippen LogP contribution in [0.1, 0.15) is 40.2 Å². The van der Waals surface area contributed by atoms with E-state index < -0.39 is 0 Å². The molecule has 1 amide bonds. The SMILES string of the molecule is CCOC(=O)c1c(NC(=O)COc2cccc(CC)c2)sc2c1CCN(C)C2. The van der Waals surface area contributed by atoms with Crippen LogP contribution in [0.15, 0.2) is 24.3 Å². The van der Waals surface area contributed by atoms with E-state index >= 15 is 0 Å². The molecule has 28 heavy (non-hydrogen) atoms. The minimum absolute atomic E-state index is 0.113. The van der Waals surface area contributed by atoms with Gasteiger partial charge in [-0.05, 0) is 50.1 Å². The van der Waals surface area contributed by atoms with Crippen LogP contribution in [0.5, 0.6) is 5.75 Å². The number of amides is 1. The molecule has 2 aromatic rings. The van der Waals surface area contributed by atoms with Crippen LogP contribution in [-0.2, 0) is 28.9 Å². The number of hydrogen-bond donors (Lipinski definition) is 1. The number of likely N-dealkylation sites (N-methyl/N-ethyl adjacent to an activating group) is 1. The third kappa shape index (κ3) is 4.72. The van der Waals surface area contributed by atoms with Gasteiger partial charge in [0.2, 0.25) is 0 Å². The number of fused-ring (bicyclic) bond motifs is 1. The average Bonchev–Trinajstić information content (AvgIpc) is 3.03. The maximum Gasteiger partial charge on any atom is 0.341 e. The lowest BCUT2D eigenvalue weighted by atomic mass is 10.0. The van der Waals surface area contributed by atoms with Gasteiger partial charge in [-0.1, -0.05) is 19.1 Å². The summed E-state index contributed by atoms with van der Waals surface area (Å²) in [5.74, 6) is -0.0111. The third-order valence-corrected chi connectivity index (χ3v) is 5.79. The van der Waals surface area contributed by atoms with Crippen molar-refractivity contribution < 1.29 is 19.1 Å². The Morgan fingerprint density at radius 1 is 1.29 bits per heavy atom. The van der Waals surface area contributed by atoms with Crippen LogP contribution in [0, 0.1) is 0 Å². The molecule has 1 aromatic carbocycles. The number of nitrogens with zero attached hydrogens (tertiary/aromatic N) is 1. The zero-order valence-electron chi connectivity index (χ0n) is 16.5. The first-order valence-electron chi connectivity index (χ1n) is 9.53. The van der Waals surface area contributed by atoms with Gasteiger partial charge in [-0.2, -0.15) is 0 Å². The van der Waals surface area contributed by atoms with Crippen molar-refractivity contribution in [1.82, 2.24) is 4.90 Å². The van der Waals surface area contributed by atoms with Gasteiger partial charge in [0.05, 0.1) is 12.2 Å². The summed E-state index contributed by atoms with van der Waals surface area (Å²) >= 11 is 1.45. The van der Waals surface area contributed by atoms with E-state index in [1.165, 1.54) is 11.3 Å². The van der Waals surface area contributed by atoms with Gasteiger partial charge < -0.3 is 19.7 Å². The molecule has 2 heterocycles. The lowest BCUT2D eigenvalue weighted by Crippen LogP contribution is -2.26. The Labute approximate surface area is 169 Å². The number of nitrogens with one attached hydrogen (secondary N) is 1. The number of thiophene rings is 1. The summed E-state index contributed by atoms with van der Waals surface area (Å²) in [5, 5.41) is 3.41. The van der Waals surface area contributed by atoms with Crippen molar-refractivity contribution in [3.63, 3.8) is 0 Å². The lowest BCUT2D eigenvalue weighted by molar-refractivity contribution is -0.118. The largest absolute Gasteiger partial charge is 0.484 e. The predicted molar refractivity (Wildman–Crippen MR) is 110 cm³/mol.